The molecule has 0 aliphatic rings. The van der Waals surface area contributed by atoms with Gasteiger partial charge >= 0.3 is 5.91 Å². The van der Waals surface area contributed by atoms with E-state index < -0.39 is 5.91 Å². The van der Waals surface area contributed by atoms with Crippen molar-refractivity contribution in [2.24, 2.45) is 0 Å². The molecule has 0 fully saturated rings. The number of amides is 2. The smallest absolute Gasteiger partial charge is 0.322 e. The van der Waals surface area contributed by atoms with Gasteiger partial charge < -0.3 is 5.32 Å². The second-order valence-electron chi connectivity index (χ2n) is 4.29. The van der Waals surface area contributed by atoms with Crippen molar-refractivity contribution in [2.45, 2.75) is 0 Å². The number of quaternary nitrogens is 1. The summed E-state index contributed by atoms with van der Waals surface area (Å²) in [7, 11) is 0. The van der Waals surface area contributed by atoms with Crippen molar-refractivity contribution in [3.8, 4) is 12.3 Å². The van der Waals surface area contributed by atoms with Crippen molar-refractivity contribution >= 4 is 29.1 Å². The Balaban J connectivity index is 2.33. The highest BCUT2D eigenvalue weighted by atomic mass is 35.5. The lowest BCUT2D eigenvalue weighted by Crippen LogP contribution is -2.56. The molecule has 21 heavy (non-hydrogen) atoms. The van der Waals surface area contributed by atoms with Gasteiger partial charge in [0.2, 0.25) is 0 Å². The highest BCUT2D eigenvalue weighted by molar-refractivity contribution is 6.30. The number of benzene rings is 2. The fourth-order valence-electron chi connectivity index (χ4n) is 1.76. The van der Waals surface area contributed by atoms with E-state index in [1.165, 1.54) is 6.07 Å². The average Bonchev–Trinajstić information content (AvgIpc) is 2.48. The van der Waals surface area contributed by atoms with Crippen LogP contribution in [-0.4, -0.2) is 11.8 Å². The van der Waals surface area contributed by atoms with Crippen LogP contribution in [0.4, 0.5) is 5.69 Å². The zero-order chi connectivity index (χ0) is 15.4. The summed E-state index contributed by atoms with van der Waals surface area (Å²) in [5.74, 6) is 1.65. The Morgan fingerprint density at radius 3 is 2.38 bits per heavy atom. The van der Waals surface area contributed by atoms with Gasteiger partial charge in [0.25, 0.3) is 5.91 Å². The molecule has 4 nitrogen and oxygen atoms in total. The standard InChI is InChI=1S/C16H11ClN2O2/c1-2-10-3-4-11(15(18)20)9-14(10)16(21)19-13-7-5-12(17)6-8-13/h1,3-9H,(H2,18,20)(H,19,21)/p+1. The molecule has 0 bridgehead atoms. The van der Waals surface area contributed by atoms with E-state index in [2.05, 4.69) is 17.0 Å². The first-order valence-corrected chi connectivity index (χ1v) is 6.43. The molecule has 0 aromatic heterocycles. The molecule has 2 amide bonds. The lowest BCUT2D eigenvalue weighted by atomic mass is 10.0. The quantitative estimate of drug-likeness (QED) is 0.850. The maximum Gasteiger partial charge on any atom is 0.341 e. The molecule has 0 aliphatic carbocycles. The van der Waals surface area contributed by atoms with Crippen molar-refractivity contribution in [2.75, 3.05) is 5.32 Å². The minimum Gasteiger partial charge on any atom is -0.322 e. The van der Waals surface area contributed by atoms with E-state index in [0.717, 1.165) is 0 Å². The Hall–Kier alpha value is -2.61. The highest BCUT2D eigenvalue weighted by Gasteiger charge is 2.14. The van der Waals surface area contributed by atoms with Crippen molar-refractivity contribution in [1.82, 2.24) is 0 Å². The minimum atomic E-state index is -0.395. The molecule has 0 heterocycles. The van der Waals surface area contributed by atoms with Crippen LogP contribution in [0, 0.1) is 12.3 Å². The first-order chi connectivity index (χ1) is 10.0. The van der Waals surface area contributed by atoms with Crippen LogP contribution in [0.15, 0.2) is 42.5 Å². The van der Waals surface area contributed by atoms with E-state index in [-0.39, 0.29) is 11.5 Å². The number of hydrogen-bond donors (Lipinski definition) is 2. The number of halogens is 1. The number of nitrogens with one attached hydrogen (secondary N) is 1. The molecule has 2 aromatic rings. The summed E-state index contributed by atoms with van der Waals surface area (Å²) in [6.07, 6.45) is 5.38. The normalized spacial score (nSPS) is 9.76. The molecule has 0 radical (unpaired) electrons. The molecule has 4 N–H and O–H groups in total. The average molecular weight is 300 g/mol. The van der Waals surface area contributed by atoms with Crippen molar-refractivity contribution in [3.63, 3.8) is 0 Å². The van der Waals surface area contributed by atoms with Gasteiger partial charge in [-0.25, -0.2) is 4.79 Å². The molecule has 0 saturated heterocycles. The maximum absolute atomic E-state index is 12.3. The molecular formula is C16H12ClN2O2+. The Morgan fingerprint density at radius 2 is 1.81 bits per heavy atom. The predicted molar refractivity (Wildman–Crippen MR) is 81.0 cm³/mol. The van der Waals surface area contributed by atoms with Gasteiger partial charge in [-0.2, -0.15) is 0 Å². The van der Waals surface area contributed by atoms with Gasteiger partial charge in [-0.15, -0.1) is 6.42 Å². The second-order valence-corrected chi connectivity index (χ2v) is 4.73. The SMILES string of the molecule is C#Cc1ccc(C([NH3+])=O)cc1C(=O)Nc1ccc(Cl)cc1. The van der Waals surface area contributed by atoms with E-state index >= 15 is 0 Å². The first-order valence-electron chi connectivity index (χ1n) is 6.05. The van der Waals surface area contributed by atoms with Crippen LogP contribution in [-0.2, 0) is 0 Å². The van der Waals surface area contributed by atoms with Gasteiger partial charge in [0.05, 0.1) is 11.1 Å². The van der Waals surface area contributed by atoms with Crippen LogP contribution in [0.1, 0.15) is 26.3 Å². The monoisotopic (exact) mass is 299 g/mol. The number of rotatable bonds is 3. The van der Waals surface area contributed by atoms with Crippen molar-refractivity contribution in [3.05, 3.63) is 64.2 Å². The fraction of sp³-hybridized carbons (Fsp3) is 0. The van der Waals surface area contributed by atoms with E-state index in [1.54, 1.807) is 36.4 Å². The van der Waals surface area contributed by atoms with Gasteiger partial charge in [-0.05, 0) is 42.5 Å². The minimum absolute atomic E-state index is 0.252. The number of terminal acetylenes is 1. The largest absolute Gasteiger partial charge is 0.341 e. The van der Waals surface area contributed by atoms with Crippen LogP contribution < -0.4 is 11.1 Å². The summed E-state index contributed by atoms with van der Waals surface area (Å²) in [6, 6.07) is 11.2. The van der Waals surface area contributed by atoms with Gasteiger partial charge in [0.1, 0.15) is 0 Å². The highest BCUT2D eigenvalue weighted by Crippen LogP contribution is 2.16. The molecule has 0 unspecified atom stereocenters. The third-order valence-electron chi connectivity index (χ3n) is 2.84. The summed E-state index contributed by atoms with van der Waals surface area (Å²) in [6.45, 7) is 0. The van der Waals surface area contributed by atoms with Crippen LogP contribution in [0.2, 0.25) is 5.02 Å². The van der Waals surface area contributed by atoms with Crippen molar-refractivity contribution in [1.29, 1.82) is 0 Å². The Kier molecular flexibility index (Phi) is 4.39. The molecule has 0 spiro atoms. The first kappa shape index (κ1) is 14.8. The summed E-state index contributed by atoms with van der Waals surface area (Å²) in [5, 5.41) is 3.27. The van der Waals surface area contributed by atoms with Gasteiger partial charge in [-0.1, -0.05) is 17.5 Å². The van der Waals surface area contributed by atoms with Crippen LogP contribution >= 0.6 is 11.6 Å². The number of carbonyl (C=O) groups excluding carboxylic acids is 2. The number of hydrogen-bond acceptors (Lipinski definition) is 2. The summed E-state index contributed by atoms with van der Waals surface area (Å²) >= 11 is 5.78. The van der Waals surface area contributed by atoms with Crippen molar-refractivity contribution < 1.29 is 15.3 Å². The summed E-state index contributed by atoms with van der Waals surface area (Å²) in [5.41, 5.74) is 4.89. The third kappa shape index (κ3) is 3.48. The summed E-state index contributed by atoms with van der Waals surface area (Å²) < 4.78 is 0. The Labute approximate surface area is 126 Å². The van der Waals surface area contributed by atoms with E-state index in [9.17, 15) is 9.59 Å². The molecule has 2 rings (SSSR count). The number of carbonyl (C=O) groups is 2. The van der Waals surface area contributed by atoms with Crippen LogP contribution in [0.3, 0.4) is 0 Å². The molecule has 5 heteroatoms. The van der Waals surface area contributed by atoms with E-state index in [0.29, 0.717) is 21.8 Å². The molecule has 104 valence electrons. The Morgan fingerprint density at radius 1 is 1.14 bits per heavy atom. The zero-order valence-corrected chi connectivity index (χ0v) is 11.8. The Bertz CT molecular complexity index is 746. The summed E-state index contributed by atoms with van der Waals surface area (Å²) in [4.78, 5) is 23.6. The lowest BCUT2D eigenvalue weighted by molar-refractivity contribution is -0.255. The molecule has 0 saturated carbocycles. The predicted octanol–water partition coefficient (Wildman–Crippen LogP) is 1.96. The molecule has 0 atom stereocenters. The maximum atomic E-state index is 12.3. The molecule has 2 aromatic carbocycles. The topological polar surface area (TPSA) is 73.8 Å². The van der Waals surface area contributed by atoms with Gasteiger partial charge in [0, 0.05) is 16.3 Å². The number of anilines is 1. The zero-order valence-electron chi connectivity index (χ0n) is 11.0. The lowest BCUT2D eigenvalue weighted by Gasteiger charge is -2.08. The molecule has 0 aliphatic heterocycles. The fourth-order valence-corrected chi connectivity index (χ4v) is 1.89. The van der Waals surface area contributed by atoms with E-state index in [4.69, 9.17) is 18.0 Å². The van der Waals surface area contributed by atoms with Gasteiger partial charge in [-0.3, -0.25) is 10.5 Å². The third-order valence-corrected chi connectivity index (χ3v) is 3.10. The van der Waals surface area contributed by atoms with E-state index in [1.807, 2.05) is 0 Å². The second kappa shape index (κ2) is 6.23. The van der Waals surface area contributed by atoms with Crippen LogP contribution in [0.5, 0.6) is 0 Å². The van der Waals surface area contributed by atoms with Crippen LogP contribution in [0.25, 0.3) is 0 Å². The van der Waals surface area contributed by atoms with Gasteiger partial charge in [0.15, 0.2) is 0 Å². The molecular weight excluding hydrogens is 288 g/mol.